The van der Waals surface area contributed by atoms with Crippen LogP contribution in [0.3, 0.4) is 0 Å². The third kappa shape index (κ3) is 2.51. The number of alkyl halides is 2. The lowest BCUT2D eigenvalue weighted by atomic mass is 9.78. The van der Waals surface area contributed by atoms with Gasteiger partial charge in [0.25, 0.3) is 0 Å². The lowest BCUT2D eigenvalue weighted by Gasteiger charge is -2.51. The normalized spacial score (nSPS) is 27.1. The molecule has 5 heteroatoms. The van der Waals surface area contributed by atoms with E-state index < -0.39 is 5.92 Å². The Labute approximate surface area is 107 Å². The number of nitrogens with zero attached hydrogens (tertiary/aromatic N) is 1. The second-order valence-corrected chi connectivity index (χ2v) is 6.21. The Hall–Kier alpha value is -0.710. The Morgan fingerprint density at radius 2 is 1.78 bits per heavy atom. The summed E-state index contributed by atoms with van der Waals surface area (Å²) in [5.74, 6) is -2.44. The van der Waals surface area contributed by atoms with E-state index in [0.717, 1.165) is 0 Å². The molecule has 1 saturated carbocycles. The van der Waals surface area contributed by atoms with Gasteiger partial charge in [0.05, 0.1) is 5.54 Å². The van der Waals surface area contributed by atoms with E-state index >= 15 is 0 Å². The Bertz CT molecular complexity index is 328. The summed E-state index contributed by atoms with van der Waals surface area (Å²) >= 11 is 0. The zero-order chi connectivity index (χ0) is 13.6. The highest BCUT2D eigenvalue weighted by molar-refractivity contribution is 5.80. The van der Waals surface area contributed by atoms with E-state index in [1.807, 2.05) is 13.8 Å². The monoisotopic (exact) mass is 260 g/mol. The van der Waals surface area contributed by atoms with Crippen molar-refractivity contribution in [1.29, 1.82) is 0 Å². The molecule has 0 aromatic heterocycles. The molecule has 0 unspecified atom stereocenters. The van der Waals surface area contributed by atoms with Crippen LogP contribution in [0.4, 0.5) is 8.78 Å². The number of nitrogens with two attached hydrogens (primary N) is 1. The largest absolute Gasteiger partial charge is 0.339 e. The third-order valence-corrected chi connectivity index (χ3v) is 4.50. The zero-order valence-electron chi connectivity index (χ0n) is 11.1. The quantitative estimate of drug-likeness (QED) is 0.825. The van der Waals surface area contributed by atoms with Crippen molar-refractivity contribution < 1.29 is 13.6 Å². The lowest BCUT2D eigenvalue weighted by molar-refractivity contribution is -0.148. The number of hydrogen-bond acceptors (Lipinski definition) is 2. The van der Waals surface area contributed by atoms with Gasteiger partial charge in [-0.1, -0.05) is 13.8 Å². The molecule has 0 atom stereocenters. The number of likely N-dealkylation sites (tertiary alicyclic amines) is 1. The fourth-order valence-electron chi connectivity index (χ4n) is 2.73. The fraction of sp³-hybridized carbons (Fsp3) is 0.923. The molecule has 0 spiro atoms. The first-order valence-corrected chi connectivity index (χ1v) is 6.69. The van der Waals surface area contributed by atoms with Crippen LogP contribution in [-0.2, 0) is 4.79 Å². The molecule has 3 nitrogen and oxygen atoms in total. The van der Waals surface area contributed by atoms with Gasteiger partial charge in [-0.25, -0.2) is 8.78 Å². The molecule has 1 amide bonds. The minimum atomic E-state index is -2.57. The topological polar surface area (TPSA) is 46.3 Å². The molecule has 18 heavy (non-hydrogen) atoms. The maximum atomic E-state index is 13.0. The Morgan fingerprint density at radius 1 is 1.28 bits per heavy atom. The fourth-order valence-corrected chi connectivity index (χ4v) is 2.73. The molecule has 2 fully saturated rings. The minimum Gasteiger partial charge on any atom is -0.339 e. The first kappa shape index (κ1) is 13.7. The number of rotatable bonds is 2. The van der Waals surface area contributed by atoms with Gasteiger partial charge in [0.2, 0.25) is 11.8 Å². The van der Waals surface area contributed by atoms with Gasteiger partial charge in [-0.05, 0) is 18.8 Å². The van der Waals surface area contributed by atoms with Gasteiger partial charge in [-0.2, -0.15) is 0 Å². The summed E-state index contributed by atoms with van der Waals surface area (Å²) in [6.07, 6.45) is 0.299. The Balaban J connectivity index is 1.84. The highest BCUT2D eigenvalue weighted by Gasteiger charge is 2.47. The molecular weight excluding hydrogens is 238 g/mol. The van der Waals surface area contributed by atoms with Crippen molar-refractivity contribution in [3.8, 4) is 0 Å². The van der Waals surface area contributed by atoms with Crippen LogP contribution in [0.2, 0.25) is 0 Å². The van der Waals surface area contributed by atoms with E-state index in [1.54, 1.807) is 4.90 Å². The molecule has 104 valence electrons. The molecule has 1 aliphatic carbocycles. The summed E-state index contributed by atoms with van der Waals surface area (Å²) in [5.41, 5.74) is 5.85. The van der Waals surface area contributed by atoms with Gasteiger partial charge in [0.1, 0.15) is 0 Å². The molecule has 0 bridgehead atoms. The molecule has 1 heterocycles. The number of carbonyl (C=O) groups excluding carboxylic acids is 1. The molecule has 0 aromatic carbocycles. The molecule has 0 radical (unpaired) electrons. The van der Waals surface area contributed by atoms with Crippen LogP contribution in [0.15, 0.2) is 0 Å². The van der Waals surface area contributed by atoms with Crippen LogP contribution in [0.1, 0.15) is 39.5 Å². The number of amides is 1. The Kier molecular flexibility index (Phi) is 3.38. The van der Waals surface area contributed by atoms with Crippen molar-refractivity contribution >= 4 is 5.91 Å². The summed E-state index contributed by atoms with van der Waals surface area (Å²) in [6, 6.07) is 0. The number of carbonyl (C=O) groups is 1. The maximum absolute atomic E-state index is 13.0. The van der Waals surface area contributed by atoms with Gasteiger partial charge < -0.3 is 10.6 Å². The van der Waals surface area contributed by atoms with Crippen molar-refractivity contribution in [2.45, 2.75) is 51.0 Å². The van der Waals surface area contributed by atoms with Crippen molar-refractivity contribution in [2.75, 3.05) is 13.1 Å². The van der Waals surface area contributed by atoms with Gasteiger partial charge in [-0.3, -0.25) is 4.79 Å². The zero-order valence-corrected chi connectivity index (χ0v) is 11.1. The first-order chi connectivity index (χ1) is 8.23. The van der Waals surface area contributed by atoms with Crippen LogP contribution in [0.5, 0.6) is 0 Å². The van der Waals surface area contributed by atoms with Gasteiger partial charge in [-0.15, -0.1) is 0 Å². The first-order valence-electron chi connectivity index (χ1n) is 6.69. The predicted octanol–water partition coefficient (Wildman–Crippen LogP) is 2.01. The van der Waals surface area contributed by atoms with Gasteiger partial charge in [0.15, 0.2) is 0 Å². The highest BCUT2D eigenvalue weighted by atomic mass is 19.3. The molecule has 2 N–H and O–H groups in total. The second-order valence-electron chi connectivity index (χ2n) is 6.21. The maximum Gasteiger partial charge on any atom is 0.248 e. The van der Waals surface area contributed by atoms with E-state index in [0.29, 0.717) is 31.8 Å². The van der Waals surface area contributed by atoms with Crippen LogP contribution >= 0.6 is 0 Å². The minimum absolute atomic E-state index is 0.0206. The average molecular weight is 260 g/mol. The predicted molar refractivity (Wildman–Crippen MR) is 65.2 cm³/mol. The van der Waals surface area contributed by atoms with E-state index in [-0.39, 0.29) is 30.2 Å². The second kappa shape index (κ2) is 4.44. The summed E-state index contributed by atoms with van der Waals surface area (Å²) < 4.78 is 26.0. The van der Waals surface area contributed by atoms with E-state index in [1.165, 1.54) is 0 Å². The third-order valence-electron chi connectivity index (χ3n) is 4.50. The Morgan fingerprint density at radius 3 is 2.22 bits per heavy atom. The van der Waals surface area contributed by atoms with Gasteiger partial charge in [0, 0.05) is 31.8 Å². The van der Waals surface area contributed by atoms with E-state index in [4.69, 9.17) is 5.73 Å². The van der Waals surface area contributed by atoms with E-state index in [9.17, 15) is 13.6 Å². The molecule has 2 rings (SSSR count). The smallest absolute Gasteiger partial charge is 0.248 e. The molecular formula is C13H22F2N2O. The molecule has 1 aliphatic heterocycles. The van der Waals surface area contributed by atoms with Gasteiger partial charge >= 0.3 is 0 Å². The lowest BCUT2D eigenvalue weighted by Crippen LogP contribution is -2.71. The molecule has 1 saturated heterocycles. The van der Waals surface area contributed by atoms with Crippen molar-refractivity contribution in [3.05, 3.63) is 0 Å². The average Bonchev–Trinajstić information content (AvgIpc) is 2.23. The number of hydrogen-bond donors (Lipinski definition) is 1. The van der Waals surface area contributed by atoms with Crippen LogP contribution in [0.25, 0.3) is 0 Å². The van der Waals surface area contributed by atoms with Crippen LogP contribution in [-0.4, -0.2) is 35.4 Å². The highest BCUT2D eigenvalue weighted by Crippen LogP contribution is 2.38. The van der Waals surface area contributed by atoms with Crippen molar-refractivity contribution in [3.63, 3.8) is 0 Å². The SMILES string of the molecule is CC(C)C1(N)CN(C(=O)C2CCC(F)(F)CC2)C1. The molecule has 0 aromatic rings. The summed E-state index contributed by atoms with van der Waals surface area (Å²) in [5, 5.41) is 0. The summed E-state index contributed by atoms with van der Waals surface area (Å²) in [6.45, 7) is 5.22. The summed E-state index contributed by atoms with van der Waals surface area (Å²) in [7, 11) is 0. The van der Waals surface area contributed by atoms with Crippen molar-refractivity contribution in [2.24, 2.45) is 17.6 Å². The van der Waals surface area contributed by atoms with Crippen molar-refractivity contribution in [1.82, 2.24) is 4.90 Å². The number of halogens is 2. The van der Waals surface area contributed by atoms with Crippen LogP contribution in [0, 0.1) is 11.8 Å². The van der Waals surface area contributed by atoms with E-state index in [2.05, 4.69) is 0 Å². The standard InChI is InChI=1S/C13H22F2N2O/c1-9(2)12(16)7-17(8-12)11(18)10-3-5-13(14,15)6-4-10/h9-10H,3-8,16H2,1-2H3. The van der Waals surface area contributed by atoms with Crippen LogP contribution < -0.4 is 5.73 Å². The summed E-state index contributed by atoms with van der Waals surface area (Å²) in [4.78, 5) is 13.9. The molecule has 2 aliphatic rings.